The summed E-state index contributed by atoms with van der Waals surface area (Å²) in [6, 6.07) is 0. The Morgan fingerprint density at radius 1 is 1.00 bits per heavy atom. The maximum absolute atomic E-state index is 2.31. The third kappa shape index (κ3) is 2.38. The molecule has 0 saturated heterocycles. The van der Waals surface area contributed by atoms with Gasteiger partial charge in [0.2, 0.25) is 0 Å². The monoisotopic (exact) mass is 198 g/mol. The molecule has 2 rings (SSSR count). The van der Waals surface area contributed by atoms with E-state index in [1.807, 2.05) is 0 Å². The summed E-state index contributed by atoms with van der Waals surface area (Å²) in [4.78, 5) is 0. The zero-order valence-corrected chi connectivity index (χ0v) is 9.75. The van der Waals surface area contributed by atoms with Gasteiger partial charge in [-0.2, -0.15) is 0 Å². The molecule has 0 aromatic heterocycles. The summed E-state index contributed by atoms with van der Waals surface area (Å²) in [5.41, 5.74) is 4.27. The highest BCUT2D eigenvalue weighted by molar-refractivity contribution is 5.52. The van der Waals surface area contributed by atoms with Crippen molar-refractivity contribution in [3.05, 3.63) is 59.3 Å². The number of hydrogen-bond donors (Lipinski definition) is 0. The fourth-order valence-electron chi connectivity index (χ4n) is 1.77. The molecule has 0 aromatic carbocycles. The number of allylic oxidation sites excluding steroid dienone is 10. The molecule has 0 spiro atoms. The van der Waals surface area contributed by atoms with Crippen LogP contribution in [0.3, 0.4) is 0 Å². The molecule has 0 atom stereocenters. The van der Waals surface area contributed by atoms with Crippen LogP contribution in [0.1, 0.15) is 27.2 Å². The average Bonchev–Trinajstić information content (AvgIpc) is 2.42. The Morgan fingerprint density at radius 2 is 1.67 bits per heavy atom. The van der Waals surface area contributed by atoms with Crippen molar-refractivity contribution >= 4 is 0 Å². The van der Waals surface area contributed by atoms with Crippen LogP contribution in [0.5, 0.6) is 0 Å². The van der Waals surface area contributed by atoms with E-state index in [1.165, 1.54) is 16.7 Å². The second kappa shape index (κ2) is 3.69. The highest BCUT2D eigenvalue weighted by atomic mass is 14.2. The summed E-state index contributed by atoms with van der Waals surface area (Å²) in [5, 5.41) is 0. The van der Waals surface area contributed by atoms with E-state index in [2.05, 4.69) is 63.3 Å². The topological polar surface area (TPSA) is 0 Å². The molecule has 78 valence electrons. The zero-order chi connectivity index (χ0) is 10.9. The molecule has 0 aliphatic heterocycles. The van der Waals surface area contributed by atoms with Crippen LogP contribution in [0.25, 0.3) is 0 Å². The van der Waals surface area contributed by atoms with Gasteiger partial charge in [-0.25, -0.2) is 0 Å². The maximum Gasteiger partial charge on any atom is 0.00111 e. The summed E-state index contributed by atoms with van der Waals surface area (Å²) in [6.07, 6.45) is 16.8. The molecule has 2 aliphatic carbocycles. The van der Waals surface area contributed by atoms with Crippen molar-refractivity contribution in [3.8, 4) is 0 Å². The van der Waals surface area contributed by atoms with Gasteiger partial charge >= 0.3 is 0 Å². The van der Waals surface area contributed by atoms with Gasteiger partial charge in [-0.05, 0) is 24.5 Å². The molecule has 0 radical (unpaired) electrons. The summed E-state index contributed by atoms with van der Waals surface area (Å²) >= 11 is 0. The van der Waals surface area contributed by atoms with Gasteiger partial charge < -0.3 is 0 Å². The summed E-state index contributed by atoms with van der Waals surface area (Å²) < 4.78 is 0. The van der Waals surface area contributed by atoms with Crippen molar-refractivity contribution in [3.63, 3.8) is 0 Å². The SMILES string of the molecule is CC1=CC=C2C=CC(C)(C)C=CC2=CC1. The fraction of sp³-hybridized carbons (Fsp3) is 0.333. The molecule has 0 unspecified atom stereocenters. The van der Waals surface area contributed by atoms with E-state index in [9.17, 15) is 0 Å². The summed E-state index contributed by atoms with van der Waals surface area (Å²) in [7, 11) is 0. The lowest BCUT2D eigenvalue weighted by molar-refractivity contribution is 0.627. The lowest BCUT2D eigenvalue weighted by atomic mass is 9.93. The second-order valence-electron chi connectivity index (χ2n) is 4.99. The van der Waals surface area contributed by atoms with Crippen molar-refractivity contribution in [1.29, 1.82) is 0 Å². The van der Waals surface area contributed by atoms with Crippen LogP contribution in [0.4, 0.5) is 0 Å². The number of rotatable bonds is 0. The van der Waals surface area contributed by atoms with Crippen molar-refractivity contribution in [1.82, 2.24) is 0 Å². The van der Waals surface area contributed by atoms with E-state index in [0.717, 1.165) is 6.42 Å². The highest BCUT2D eigenvalue weighted by Gasteiger charge is 2.13. The quantitative estimate of drug-likeness (QED) is 0.543. The first-order valence-electron chi connectivity index (χ1n) is 5.53. The molecule has 0 amide bonds. The van der Waals surface area contributed by atoms with Crippen LogP contribution in [-0.4, -0.2) is 0 Å². The van der Waals surface area contributed by atoms with Crippen molar-refractivity contribution in [2.24, 2.45) is 5.41 Å². The molecule has 0 nitrogen and oxygen atoms in total. The van der Waals surface area contributed by atoms with Gasteiger partial charge in [-0.3, -0.25) is 0 Å². The minimum atomic E-state index is 0.173. The number of fused-ring (bicyclic) bond motifs is 1. The molecule has 0 heterocycles. The smallest absolute Gasteiger partial charge is 0.00111 e. The predicted molar refractivity (Wildman–Crippen MR) is 66.6 cm³/mol. The maximum atomic E-state index is 2.31. The lowest BCUT2D eigenvalue weighted by Crippen LogP contribution is -2.00. The van der Waals surface area contributed by atoms with Crippen LogP contribution in [0.15, 0.2) is 59.3 Å². The van der Waals surface area contributed by atoms with E-state index >= 15 is 0 Å². The molecule has 0 fully saturated rings. The summed E-state index contributed by atoms with van der Waals surface area (Å²) in [6.45, 7) is 6.64. The minimum absolute atomic E-state index is 0.173. The lowest BCUT2D eigenvalue weighted by Gasteiger charge is -2.11. The third-order valence-electron chi connectivity index (χ3n) is 2.91. The Hall–Kier alpha value is -1.30. The first-order valence-corrected chi connectivity index (χ1v) is 5.53. The Morgan fingerprint density at radius 3 is 2.40 bits per heavy atom. The fourth-order valence-corrected chi connectivity index (χ4v) is 1.77. The Labute approximate surface area is 92.4 Å². The van der Waals surface area contributed by atoms with Gasteiger partial charge in [0.25, 0.3) is 0 Å². The van der Waals surface area contributed by atoms with Crippen molar-refractivity contribution in [2.45, 2.75) is 27.2 Å². The number of hydrogen-bond acceptors (Lipinski definition) is 0. The molecular weight excluding hydrogens is 180 g/mol. The molecule has 2 aliphatic rings. The zero-order valence-electron chi connectivity index (χ0n) is 9.75. The van der Waals surface area contributed by atoms with E-state index in [4.69, 9.17) is 0 Å². The minimum Gasteiger partial charge on any atom is -0.0745 e. The first-order chi connectivity index (χ1) is 7.07. The molecule has 0 aromatic rings. The van der Waals surface area contributed by atoms with E-state index < -0.39 is 0 Å². The van der Waals surface area contributed by atoms with Crippen LogP contribution in [-0.2, 0) is 0 Å². The predicted octanol–water partition coefficient (Wildman–Crippen LogP) is 4.34. The summed E-state index contributed by atoms with van der Waals surface area (Å²) in [5.74, 6) is 0. The Bertz CT molecular complexity index is 409. The van der Waals surface area contributed by atoms with Crippen molar-refractivity contribution < 1.29 is 0 Å². The van der Waals surface area contributed by atoms with Crippen molar-refractivity contribution in [2.75, 3.05) is 0 Å². The van der Waals surface area contributed by atoms with Crippen LogP contribution >= 0.6 is 0 Å². The van der Waals surface area contributed by atoms with Crippen LogP contribution in [0.2, 0.25) is 0 Å². The van der Waals surface area contributed by atoms with E-state index in [1.54, 1.807) is 0 Å². The molecular formula is C15H18. The van der Waals surface area contributed by atoms with Gasteiger partial charge in [-0.1, -0.05) is 62.0 Å². The Balaban J connectivity index is 2.44. The van der Waals surface area contributed by atoms with E-state index in [-0.39, 0.29) is 5.41 Å². The van der Waals surface area contributed by atoms with E-state index in [0.29, 0.717) is 0 Å². The third-order valence-corrected chi connectivity index (χ3v) is 2.91. The largest absolute Gasteiger partial charge is 0.0745 e. The standard InChI is InChI=1S/C15H18/c1-12-4-6-13-8-10-15(2,3)11-9-14(13)7-5-12/h4,6-11H,5H2,1-3H3. The molecule has 0 heteroatoms. The molecule has 0 saturated carbocycles. The van der Waals surface area contributed by atoms with Crippen LogP contribution < -0.4 is 0 Å². The molecule has 15 heavy (non-hydrogen) atoms. The van der Waals surface area contributed by atoms with Gasteiger partial charge in [0.1, 0.15) is 0 Å². The molecule has 0 bridgehead atoms. The van der Waals surface area contributed by atoms with Crippen LogP contribution in [0, 0.1) is 5.41 Å². The Kier molecular flexibility index (Phi) is 2.52. The normalized spacial score (nSPS) is 23.3. The first kappa shape index (κ1) is 10.2. The van der Waals surface area contributed by atoms with Gasteiger partial charge in [-0.15, -0.1) is 0 Å². The van der Waals surface area contributed by atoms with Gasteiger partial charge in [0, 0.05) is 5.41 Å². The van der Waals surface area contributed by atoms with Gasteiger partial charge in [0.15, 0.2) is 0 Å². The highest BCUT2D eigenvalue weighted by Crippen LogP contribution is 2.29. The van der Waals surface area contributed by atoms with Gasteiger partial charge in [0.05, 0.1) is 0 Å². The second-order valence-corrected chi connectivity index (χ2v) is 4.99. The average molecular weight is 198 g/mol. The molecule has 0 N–H and O–H groups in total.